The average molecular weight is 226 g/mol. The highest BCUT2D eigenvalue weighted by Gasteiger charge is 2.18. The molecule has 3 nitrogen and oxygen atoms in total. The molecule has 17 heavy (non-hydrogen) atoms. The Hall–Kier alpha value is -1.79. The van der Waals surface area contributed by atoms with E-state index >= 15 is 0 Å². The number of benzene rings is 1. The number of rotatable bonds is 1. The van der Waals surface area contributed by atoms with Crippen LogP contribution in [0.3, 0.4) is 0 Å². The third-order valence-electron chi connectivity index (χ3n) is 3.19. The van der Waals surface area contributed by atoms with Crippen LogP contribution < -0.4 is 0 Å². The topological polar surface area (TPSA) is 27.1 Å². The predicted molar refractivity (Wildman–Crippen MR) is 66.5 cm³/mol. The Balaban J connectivity index is 2.03. The van der Waals surface area contributed by atoms with Gasteiger partial charge in [-0.05, 0) is 37.5 Å². The highest BCUT2D eigenvalue weighted by atomic mass is 16.5. The minimum Gasteiger partial charge on any atom is -0.356 e. The van der Waals surface area contributed by atoms with Crippen LogP contribution in [0.4, 0.5) is 0 Å². The van der Waals surface area contributed by atoms with E-state index in [1.54, 1.807) is 0 Å². The van der Waals surface area contributed by atoms with Gasteiger partial charge in [0.15, 0.2) is 6.23 Å². The lowest BCUT2D eigenvalue weighted by molar-refractivity contribution is -0.0366. The number of aromatic nitrogens is 2. The van der Waals surface area contributed by atoms with E-state index in [9.17, 15) is 0 Å². The first-order chi connectivity index (χ1) is 8.38. The van der Waals surface area contributed by atoms with Crippen molar-refractivity contribution >= 4 is 10.9 Å². The first kappa shape index (κ1) is 10.4. The summed E-state index contributed by atoms with van der Waals surface area (Å²) in [6.07, 6.45) is 10.7. The van der Waals surface area contributed by atoms with E-state index in [4.69, 9.17) is 11.2 Å². The van der Waals surface area contributed by atoms with Crippen LogP contribution in [-0.4, -0.2) is 16.4 Å². The highest BCUT2D eigenvalue weighted by molar-refractivity contribution is 5.80. The fourth-order valence-electron chi connectivity index (χ4n) is 2.29. The molecule has 0 N–H and O–H groups in total. The van der Waals surface area contributed by atoms with Crippen LogP contribution in [-0.2, 0) is 4.74 Å². The van der Waals surface area contributed by atoms with E-state index in [2.05, 4.69) is 11.0 Å². The maximum atomic E-state index is 5.75. The molecule has 0 spiro atoms. The minimum atomic E-state index is 0.0814. The van der Waals surface area contributed by atoms with Gasteiger partial charge in [-0.2, -0.15) is 5.10 Å². The van der Waals surface area contributed by atoms with Gasteiger partial charge < -0.3 is 4.74 Å². The SMILES string of the molecule is C#Cc1ccc2c(cnn2[C@H]2CCCCO2)c1. The van der Waals surface area contributed by atoms with E-state index in [0.717, 1.165) is 35.9 Å². The van der Waals surface area contributed by atoms with Gasteiger partial charge in [0, 0.05) is 17.6 Å². The quantitative estimate of drug-likeness (QED) is 0.699. The molecule has 2 aromatic rings. The predicted octanol–water partition coefficient (Wildman–Crippen LogP) is 2.72. The van der Waals surface area contributed by atoms with Crippen LogP contribution in [0.2, 0.25) is 0 Å². The zero-order chi connectivity index (χ0) is 11.7. The highest BCUT2D eigenvalue weighted by Crippen LogP contribution is 2.26. The van der Waals surface area contributed by atoms with Gasteiger partial charge >= 0.3 is 0 Å². The lowest BCUT2D eigenvalue weighted by Gasteiger charge is -2.23. The monoisotopic (exact) mass is 226 g/mol. The van der Waals surface area contributed by atoms with Gasteiger partial charge in [-0.15, -0.1) is 6.42 Å². The largest absolute Gasteiger partial charge is 0.356 e. The van der Waals surface area contributed by atoms with Gasteiger partial charge in [0.2, 0.25) is 0 Å². The molecule has 1 aromatic carbocycles. The molecule has 1 saturated heterocycles. The summed E-state index contributed by atoms with van der Waals surface area (Å²) < 4.78 is 7.71. The number of terminal acetylenes is 1. The van der Waals surface area contributed by atoms with Crippen LogP contribution in [0, 0.1) is 12.3 Å². The standard InChI is InChI=1S/C14H14N2O/c1-2-11-6-7-13-12(9-11)10-15-16(13)14-5-3-4-8-17-14/h1,6-7,9-10,14H,3-5,8H2/t14-/m1/s1. The Morgan fingerprint density at radius 2 is 2.35 bits per heavy atom. The van der Waals surface area contributed by atoms with Gasteiger partial charge in [0.25, 0.3) is 0 Å². The Morgan fingerprint density at radius 1 is 1.41 bits per heavy atom. The van der Waals surface area contributed by atoms with Crippen LogP contribution in [0.5, 0.6) is 0 Å². The molecule has 0 saturated carbocycles. The first-order valence-electron chi connectivity index (χ1n) is 5.94. The molecular formula is C14H14N2O. The van der Waals surface area contributed by atoms with E-state index in [1.165, 1.54) is 6.42 Å². The van der Waals surface area contributed by atoms with Crippen molar-refractivity contribution in [2.45, 2.75) is 25.5 Å². The maximum Gasteiger partial charge on any atom is 0.150 e. The van der Waals surface area contributed by atoms with Crippen molar-refractivity contribution in [3.8, 4) is 12.3 Å². The molecule has 0 unspecified atom stereocenters. The van der Waals surface area contributed by atoms with Crippen molar-refractivity contribution in [1.29, 1.82) is 0 Å². The summed E-state index contributed by atoms with van der Waals surface area (Å²) in [5.41, 5.74) is 1.98. The lowest BCUT2D eigenvalue weighted by atomic mass is 10.1. The first-order valence-corrected chi connectivity index (χ1v) is 5.94. The summed E-state index contributed by atoms with van der Waals surface area (Å²) in [4.78, 5) is 0. The number of hydrogen-bond donors (Lipinski definition) is 0. The van der Waals surface area contributed by atoms with Crippen molar-refractivity contribution in [1.82, 2.24) is 9.78 Å². The van der Waals surface area contributed by atoms with Gasteiger partial charge in [-0.3, -0.25) is 0 Å². The molecule has 0 amide bonds. The molecule has 0 bridgehead atoms. The summed E-state index contributed by atoms with van der Waals surface area (Å²) in [6, 6.07) is 5.96. The number of nitrogens with zero attached hydrogens (tertiary/aromatic N) is 2. The molecule has 1 aromatic heterocycles. The Labute approximate surface area is 100 Å². The van der Waals surface area contributed by atoms with Crippen LogP contribution in [0.15, 0.2) is 24.4 Å². The molecule has 3 rings (SSSR count). The van der Waals surface area contributed by atoms with Crippen LogP contribution in [0.1, 0.15) is 31.1 Å². The molecular weight excluding hydrogens is 212 g/mol. The summed E-state index contributed by atoms with van der Waals surface area (Å²) >= 11 is 0. The second-order valence-corrected chi connectivity index (χ2v) is 4.33. The molecule has 1 atom stereocenters. The maximum absolute atomic E-state index is 5.75. The number of fused-ring (bicyclic) bond motifs is 1. The summed E-state index contributed by atoms with van der Waals surface area (Å²) in [7, 11) is 0. The molecule has 1 aliphatic heterocycles. The number of hydrogen-bond acceptors (Lipinski definition) is 2. The fourth-order valence-corrected chi connectivity index (χ4v) is 2.29. The van der Waals surface area contributed by atoms with E-state index in [-0.39, 0.29) is 6.23 Å². The summed E-state index contributed by atoms with van der Waals surface area (Å²) in [6.45, 7) is 0.828. The van der Waals surface area contributed by atoms with Crippen LogP contribution >= 0.6 is 0 Å². The van der Waals surface area contributed by atoms with Gasteiger partial charge in [-0.1, -0.05) is 5.92 Å². The second kappa shape index (κ2) is 4.23. The molecule has 1 fully saturated rings. The molecule has 2 heterocycles. The average Bonchev–Trinajstić information content (AvgIpc) is 2.82. The van der Waals surface area contributed by atoms with Crippen molar-refractivity contribution in [2.24, 2.45) is 0 Å². The molecule has 0 aliphatic carbocycles. The van der Waals surface area contributed by atoms with Gasteiger partial charge in [-0.25, -0.2) is 4.68 Å². The zero-order valence-electron chi connectivity index (χ0n) is 9.60. The third-order valence-corrected chi connectivity index (χ3v) is 3.19. The Morgan fingerprint density at radius 3 is 3.12 bits per heavy atom. The van der Waals surface area contributed by atoms with E-state index in [0.29, 0.717) is 0 Å². The third kappa shape index (κ3) is 1.81. The smallest absolute Gasteiger partial charge is 0.150 e. The fraction of sp³-hybridized carbons (Fsp3) is 0.357. The zero-order valence-corrected chi connectivity index (χ0v) is 9.60. The normalized spacial score (nSPS) is 20.3. The van der Waals surface area contributed by atoms with Gasteiger partial charge in [0.05, 0.1) is 11.7 Å². The summed E-state index contributed by atoms with van der Waals surface area (Å²) in [5, 5.41) is 5.50. The molecule has 0 radical (unpaired) electrons. The van der Waals surface area contributed by atoms with Crippen molar-refractivity contribution in [3.05, 3.63) is 30.0 Å². The molecule has 86 valence electrons. The van der Waals surface area contributed by atoms with Gasteiger partial charge in [0.1, 0.15) is 0 Å². The van der Waals surface area contributed by atoms with E-state index < -0.39 is 0 Å². The van der Waals surface area contributed by atoms with Crippen molar-refractivity contribution in [3.63, 3.8) is 0 Å². The van der Waals surface area contributed by atoms with Crippen LogP contribution in [0.25, 0.3) is 10.9 Å². The Kier molecular flexibility index (Phi) is 2.58. The molecule has 3 heteroatoms. The molecule has 1 aliphatic rings. The summed E-state index contributed by atoms with van der Waals surface area (Å²) in [5.74, 6) is 2.64. The van der Waals surface area contributed by atoms with Crippen molar-refractivity contribution in [2.75, 3.05) is 6.61 Å². The minimum absolute atomic E-state index is 0.0814. The lowest BCUT2D eigenvalue weighted by Crippen LogP contribution is -2.18. The Bertz CT molecular complexity index is 573. The van der Waals surface area contributed by atoms with E-state index in [1.807, 2.05) is 29.1 Å². The number of ether oxygens (including phenoxy) is 1. The second-order valence-electron chi connectivity index (χ2n) is 4.33. The van der Waals surface area contributed by atoms with Crippen molar-refractivity contribution < 1.29 is 4.74 Å².